The van der Waals surface area contributed by atoms with Crippen LogP contribution in [0.5, 0.6) is 5.75 Å². The van der Waals surface area contributed by atoms with E-state index in [4.69, 9.17) is 4.74 Å². The van der Waals surface area contributed by atoms with Gasteiger partial charge in [-0.25, -0.2) is 18.0 Å². The molecule has 7 heteroatoms. The fourth-order valence-corrected chi connectivity index (χ4v) is 3.14. The average molecular weight is 332 g/mol. The van der Waals surface area contributed by atoms with Crippen molar-refractivity contribution in [3.63, 3.8) is 0 Å². The highest BCUT2D eigenvalue weighted by Gasteiger charge is 2.23. The molecule has 0 saturated heterocycles. The monoisotopic (exact) mass is 332 g/mol. The van der Waals surface area contributed by atoms with Gasteiger partial charge in [0.05, 0.1) is 5.57 Å². The molecule has 1 aliphatic heterocycles. The molecule has 2 rings (SSSR count). The third kappa shape index (κ3) is 3.40. The minimum atomic E-state index is -1.07. The van der Waals surface area contributed by atoms with Crippen LogP contribution in [0.3, 0.4) is 0 Å². The number of alkyl halides is 3. The van der Waals surface area contributed by atoms with Gasteiger partial charge in [-0.2, -0.15) is 11.8 Å². The average Bonchev–Trinajstić information content (AvgIpc) is 2.54. The van der Waals surface area contributed by atoms with E-state index < -0.39 is 26.0 Å². The van der Waals surface area contributed by atoms with Crippen LogP contribution >= 0.6 is 11.8 Å². The minimum absolute atomic E-state index is 0.0326. The van der Waals surface area contributed by atoms with Crippen molar-refractivity contribution in [2.75, 3.05) is 11.5 Å². The number of carbonyl (C=O) groups excluding carboxylic acids is 1. The van der Waals surface area contributed by atoms with E-state index >= 15 is 0 Å². The number of hydrogen-bond donors (Lipinski definition) is 1. The van der Waals surface area contributed by atoms with Gasteiger partial charge in [0.25, 0.3) is 0 Å². The summed E-state index contributed by atoms with van der Waals surface area (Å²) in [5.41, 5.74) is -0.149. The van der Waals surface area contributed by atoms with Crippen molar-refractivity contribution in [1.29, 1.82) is 0 Å². The van der Waals surface area contributed by atoms with Gasteiger partial charge in [-0.3, -0.25) is 0 Å². The van der Waals surface area contributed by atoms with Gasteiger partial charge in [-0.1, -0.05) is 6.07 Å². The number of ether oxygens (including phenoxy) is 1. The van der Waals surface area contributed by atoms with Crippen molar-refractivity contribution in [3.8, 4) is 5.75 Å². The second-order valence-corrected chi connectivity index (χ2v) is 5.80. The van der Waals surface area contributed by atoms with E-state index in [9.17, 15) is 23.1 Å². The van der Waals surface area contributed by atoms with Gasteiger partial charge in [0, 0.05) is 23.5 Å². The van der Waals surface area contributed by atoms with E-state index in [2.05, 4.69) is 0 Å². The van der Waals surface area contributed by atoms with E-state index in [1.165, 1.54) is 23.9 Å². The number of aliphatic hydroxyl groups is 1. The maximum absolute atomic E-state index is 13.2. The molecule has 0 aliphatic carbocycles. The van der Waals surface area contributed by atoms with Gasteiger partial charge in [0.15, 0.2) is 0 Å². The molecule has 3 nitrogen and oxygen atoms in total. The predicted octanol–water partition coefficient (Wildman–Crippen LogP) is 3.95. The first kappa shape index (κ1) is 16.7. The number of carbonyl (C=O) groups is 1. The van der Waals surface area contributed by atoms with Crippen molar-refractivity contribution >= 4 is 17.7 Å². The van der Waals surface area contributed by atoms with Gasteiger partial charge in [-0.15, -0.1) is 0 Å². The third-order valence-electron chi connectivity index (χ3n) is 3.42. The topological polar surface area (TPSA) is 46.5 Å². The van der Waals surface area contributed by atoms with E-state index in [0.29, 0.717) is 17.9 Å². The standard InChI is InChI=1S/C15H15F3O3S/c16-5-9-1-2-14(11(7-18)10(9)6-17)21-15(20)12-8-22-4-3-13(12)19/h1-2,19H,3-8H2. The van der Waals surface area contributed by atoms with Gasteiger partial charge >= 0.3 is 5.97 Å². The summed E-state index contributed by atoms with van der Waals surface area (Å²) in [5, 5.41) is 9.71. The number of halogens is 3. The number of thioether (sulfide) groups is 1. The predicted molar refractivity (Wildman–Crippen MR) is 78.1 cm³/mol. The minimum Gasteiger partial charge on any atom is -0.512 e. The van der Waals surface area contributed by atoms with Gasteiger partial charge in [0.1, 0.15) is 31.5 Å². The summed E-state index contributed by atoms with van der Waals surface area (Å²) in [7, 11) is 0. The molecule has 0 atom stereocenters. The molecule has 22 heavy (non-hydrogen) atoms. The van der Waals surface area contributed by atoms with Crippen molar-refractivity contribution in [2.45, 2.75) is 26.4 Å². The molecule has 0 fully saturated rings. The second kappa shape index (κ2) is 7.58. The summed E-state index contributed by atoms with van der Waals surface area (Å²) in [6, 6.07) is 2.51. The van der Waals surface area contributed by atoms with Gasteiger partial charge in [-0.05, 0) is 17.2 Å². The summed E-state index contributed by atoms with van der Waals surface area (Å²) in [6.07, 6.45) is 0.363. The number of esters is 1. The number of rotatable bonds is 5. The zero-order valence-corrected chi connectivity index (χ0v) is 12.5. The van der Waals surface area contributed by atoms with Crippen LogP contribution in [0.2, 0.25) is 0 Å². The molecule has 0 spiro atoms. The molecule has 0 saturated carbocycles. The van der Waals surface area contributed by atoms with Crippen LogP contribution in [0, 0.1) is 0 Å². The van der Waals surface area contributed by atoms with E-state index in [-0.39, 0.29) is 33.8 Å². The van der Waals surface area contributed by atoms with E-state index in [1.807, 2.05) is 0 Å². The maximum atomic E-state index is 13.2. The lowest BCUT2D eigenvalue weighted by Crippen LogP contribution is -2.19. The molecular weight excluding hydrogens is 317 g/mol. The van der Waals surface area contributed by atoms with Crippen molar-refractivity contribution in [3.05, 3.63) is 40.2 Å². The number of aliphatic hydroxyl groups excluding tert-OH is 1. The van der Waals surface area contributed by atoms with Crippen LogP contribution in [0.4, 0.5) is 13.2 Å². The zero-order chi connectivity index (χ0) is 16.1. The molecule has 0 aromatic heterocycles. The van der Waals surface area contributed by atoms with Crippen LogP contribution < -0.4 is 4.74 Å². The normalized spacial score (nSPS) is 15.0. The Morgan fingerprint density at radius 3 is 2.50 bits per heavy atom. The van der Waals surface area contributed by atoms with Gasteiger partial charge in [0.2, 0.25) is 0 Å². The molecule has 0 radical (unpaired) electrons. The Balaban J connectivity index is 2.31. The van der Waals surface area contributed by atoms with Gasteiger partial charge < -0.3 is 9.84 Å². The first-order chi connectivity index (χ1) is 10.6. The summed E-state index contributed by atoms with van der Waals surface area (Å²) in [4.78, 5) is 12.1. The van der Waals surface area contributed by atoms with Crippen molar-refractivity contribution < 1.29 is 27.8 Å². The van der Waals surface area contributed by atoms with Crippen LogP contribution in [-0.2, 0) is 24.8 Å². The first-order valence-corrected chi connectivity index (χ1v) is 7.80. The molecule has 1 aliphatic rings. The Morgan fingerprint density at radius 1 is 1.18 bits per heavy atom. The maximum Gasteiger partial charge on any atom is 0.343 e. The Morgan fingerprint density at radius 2 is 1.91 bits per heavy atom. The van der Waals surface area contributed by atoms with Crippen LogP contribution in [0.15, 0.2) is 23.5 Å². The van der Waals surface area contributed by atoms with Crippen LogP contribution in [-0.4, -0.2) is 22.6 Å². The summed E-state index contributed by atoms with van der Waals surface area (Å²) in [6.45, 7) is -3.05. The summed E-state index contributed by atoms with van der Waals surface area (Å²) in [5.74, 6) is 0.0195. The Bertz CT molecular complexity index is 602. The molecular formula is C15H15F3O3S. The van der Waals surface area contributed by atoms with E-state index in [0.717, 1.165) is 0 Å². The van der Waals surface area contributed by atoms with E-state index in [1.54, 1.807) is 0 Å². The number of allylic oxidation sites excluding steroid dienone is 1. The highest BCUT2D eigenvalue weighted by molar-refractivity contribution is 7.99. The molecule has 1 N–H and O–H groups in total. The Kier molecular flexibility index (Phi) is 5.76. The lowest BCUT2D eigenvalue weighted by molar-refractivity contribution is -0.130. The fraction of sp³-hybridized carbons (Fsp3) is 0.400. The Hall–Kier alpha value is -1.63. The lowest BCUT2D eigenvalue weighted by Gasteiger charge is -2.17. The SMILES string of the molecule is O=C(Oc1ccc(CF)c(CF)c1CF)C1=C(O)CCSC1. The summed E-state index contributed by atoms with van der Waals surface area (Å²) < 4.78 is 44.1. The largest absolute Gasteiger partial charge is 0.512 e. The molecule has 120 valence electrons. The molecule has 1 aromatic rings. The molecule has 0 unspecified atom stereocenters. The second-order valence-electron chi connectivity index (χ2n) is 4.70. The molecule has 1 aromatic carbocycles. The van der Waals surface area contributed by atoms with Crippen molar-refractivity contribution in [1.82, 2.24) is 0 Å². The lowest BCUT2D eigenvalue weighted by atomic mass is 10.0. The molecule has 0 bridgehead atoms. The molecule has 0 amide bonds. The van der Waals surface area contributed by atoms with Crippen LogP contribution in [0.25, 0.3) is 0 Å². The number of benzene rings is 1. The summed E-state index contributed by atoms with van der Waals surface area (Å²) >= 11 is 1.47. The third-order valence-corrected chi connectivity index (χ3v) is 4.41. The Labute approximate surface area is 130 Å². The fourth-order valence-electron chi connectivity index (χ4n) is 2.17. The highest BCUT2D eigenvalue weighted by atomic mass is 32.2. The van der Waals surface area contributed by atoms with Crippen molar-refractivity contribution in [2.24, 2.45) is 0 Å². The quantitative estimate of drug-likeness (QED) is 0.655. The zero-order valence-electron chi connectivity index (χ0n) is 11.7. The van der Waals surface area contributed by atoms with Crippen LogP contribution in [0.1, 0.15) is 23.1 Å². The molecule has 1 heterocycles. The number of hydrogen-bond acceptors (Lipinski definition) is 4. The smallest absolute Gasteiger partial charge is 0.343 e. The highest BCUT2D eigenvalue weighted by Crippen LogP contribution is 2.30. The first-order valence-electron chi connectivity index (χ1n) is 6.64.